The van der Waals surface area contributed by atoms with Crippen LogP contribution in [0.25, 0.3) is 0 Å². The molecule has 0 spiro atoms. The number of hydrogen-bond acceptors (Lipinski definition) is 12. The van der Waals surface area contributed by atoms with Crippen LogP contribution in [0.5, 0.6) is 0 Å². The maximum absolute atomic E-state index is 9.76. The highest BCUT2D eigenvalue weighted by Crippen LogP contribution is 1.96. The lowest BCUT2D eigenvalue weighted by molar-refractivity contribution is -0.139. The van der Waals surface area contributed by atoms with Gasteiger partial charge in [-0.05, 0) is 0 Å². The topological polar surface area (TPSA) is 319 Å². The van der Waals surface area contributed by atoms with Gasteiger partial charge in [-0.15, -0.1) is 0 Å². The molecule has 0 bridgehead atoms. The average molecular weight is 460 g/mol. The quantitative estimate of drug-likeness (QED) is 0.107. The van der Waals surface area contributed by atoms with Crippen molar-refractivity contribution in [1.82, 2.24) is 0 Å². The molecule has 0 heterocycles. The van der Waals surface area contributed by atoms with E-state index in [2.05, 4.69) is 0 Å². The number of aliphatic hydroxyl groups excluding tert-OH is 5. The third-order valence-electron chi connectivity index (χ3n) is 2.31. The smallest absolute Gasteiger partial charge is 0.328 e. The van der Waals surface area contributed by atoms with Crippen LogP contribution in [0, 0.1) is 0 Å². The first kappa shape index (κ1) is 35.4. The van der Waals surface area contributed by atoms with Crippen molar-refractivity contribution in [3.63, 3.8) is 0 Å². The Hall–Kier alpha value is -2.99. The van der Waals surface area contributed by atoms with E-state index in [4.69, 9.17) is 57.4 Å². The van der Waals surface area contributed by atoms with E-state index >= 15 is 0 Å². The number of aliphatic hydroxyl groups is 5. The number of aldehydes is 1. The normalized spacial score (nSPS) is 13.4. The van der Waals surface area contributed by atoms with E-state index in [0.717, 1.165) is 0 Å². The molecule has 0 aliphatic carbocycles. The Morgan fingerprint density at radius 2 is 1.26 bits per heavy atom. The fourth-order valence-corrected chi connectivity index (χ4v) is 0.760. The summed E-state index contributed by atoms with van der Waals surface area (Å²) < 4.78 is 0. The van der Waals surface area contributed by atoms with Gasteiger partial charge in [-0.3, -0.25) is 9.59 Å². The number of hydrogen-bond donors (Lipinski definition) is 11. The maximum atomic E-state index is 9.76. The van der Waals surface area contributed by atoms with Crippen LogP contribution in [0.15, 0.2) is 12.2 Å². The second-order valence-corrected chi connectivity index (χ2v) is 4.94. The van der Waals surface area contributed by atoms with E-state index in [0.29, 0.717) is 12.2 Å². The van der Waals surface area contributed by atoms with Crippen molar-refractivity contribution in [2.24, 2.45) is 11.5 Å². The third-order valence-corrected chi connectivity index (χ3v) is 2.31. The van der Waals surface area contributed by atoms with E-state index < -0.39 is 61.4 Å². The van der Waals surface area contributed by atoms with Crippen LogP contribution in [0.2, 0.25) is 0 Å². The number of nitrogens with two attached hydrogens (primary N) is 2. The number of carboxylic acids is 4. The Labute approximate surface area is 175 Å². The molecule has 0 amide bonds. The van der Waals surface area contributed by atoms with Crippen molar-refractivity contribution < 1.29 is 69.9 Å². The zero-order valence-electron chi connectivity index (χ0n) is 16.1. The molecule has 0 unspecified atom stereocenters. The van der Waals surface area contributed by atoms with E-state index in [9.17, 15) is 24.0 Å². The minimum Gasteiger partial charge on any atom is -0.481 e. The Morgan fingerprint density at radius 3 is 1.39 bits per heavy atom. The molecule has 0 aromatic rings. The molecule has 13 N–H and O–H groups in total. The van der Waals surface area contributed by atoms with Gasteiger partial charge in [-0.1, -0.05) is 0 Å². The summed E-state index contributed by atoms with van der Waals surface area (Å²) in [6, 6.07) is -1.13. The summed E-state index contributed by atoms with van der Waals surface area (Å²) >= 11 is 0. The van der Waals surface area contributed by atoms with Gasteiger partial charge in [0.25, 0.3) is 0 Å². The van der Waals surface area contributed by atoms with Gasteiger partial charge in [-0.2, -0.15) is 0 Å². The molecule has 16 heteroatoms. The fraction of sp³-hybridized carbons (Fsp3) is 0.533. The second-order valence-electron chi connectivity index (χ2n) is 4.94. The van der Waals surface area contributed by atoms with E-state index in [1.54, 1.807) is 0 Å². The van der Waals surface area contributed by atoms with Gasteiger partial charge in [0, 0.05) is 18.7 Å². The SMILES string of the molecule is NCCC(=O)O.N[C@@H](CO)C(=O)O.O=C(O)/C=C/C(=O)O.O=C[C@H](O)[C@@H](O)[C@@H](O)CO. The number of carbonyl (C=O) groups is 5. The summed E-state index contributed by atoms with van der Waals surface area (Å²) in [5.41, 5.74) is 9.61. The average Bonchev–Trinajstić information content (AvgIpc) is 2.70. The van der Waals surface area contributed by atoms with Crippen LogP contribution in [0.3, 0.4) is 0 Å². The molecule has 0 aromatic heterocycles. The predicted molar refractivity (Wildman–Crippen MR) is 99.6 cm³/mol. The molecule has 0 fully saturated rings. The van der Waals surface area contributed by atoms with Gasteiger partial charge in [-0.25, -0.2) is 9.59 Å². The third kappa shape index (κ3) is 31.9. The number of aliphatic carboxylic acids is 4. The Bertz CT molecular complexity index is 538. The number of carbonyl (C=O) groups excluding carboxylic acids is 1. The standard InChI is InChI=1S/C5H10O5.C4H4O4.C3H7NO3.C3H7NO2/c6-1-3(8)5(10)4(9)2-7;5-3(6)1-2-4(7)8;4-2(1-5)3(6)7;4-2-1-3(5)6/h1,3-5,7-10H,2H2;1-2H,(H,5,6)(H,7,8);2,5H,1,4H2,(H,6,7);1-2,4H2,(H,5,6)/b;2-1+;;/t3-,4-,5+;;2-;/m0.0./s1. The van der Waals surface area contributed by atoms with E-state index in [-0.39, 0.29) is 19.3 Å². The molecule has 0 aromatic carbocycles. The lowest BCUT2D eigenvalue weighted by Gasteiger charge is -2.16. The molecule has 31 heavy (non-hydrogen) atoms. The van der Waals surface area contributed by atoms with Crippen LogP contribution in [0.4, 0.5) is 0 Å². The van der Waals surface area contributed by atoms with Crippen LogP contribution < -0.4 is 11.5 Å². The van der Waals surface area contributed by atoms with Crippen LogP contribution in [0.1, 0.15) is 6.42 Å². The van der Waals surface area contributed by atoms with Crippen LogP contribution >= 0.6 is 0 Å². The Balaban J connectivity index is -0.000000160. The van der Waals surface area contributed by atoms with E-state index in [1.165, 1.54) is 0 Å². The van der Waals surface area contributed by atoms with Crippen molar-refractivity contribution >= 4 is 30.2 Å². The lowest BCUT2D eigenvalue weighted by Crippen LogP contribution is -2.40. The van der Waals surface area contributed by atoms with Crippen molar-refractivity contribution in [1.29, 1.82) is 0 Å². The second kappa shape index (κ2) is 23.3. The van der Waals surface area contributed by atoms with Gasteiger partial charge in [0.1, 0.15) is 24.4 Å². The largest absolute Gasteiger partial charge is 0.481 e. The van der Waals surface area contributed by atoms with Crippen LogP contribution in [-0.2, 0) is 24.0 Å². The number of carboxylic acid groups (broad SMARTS) is 4. The van der Waals surface area contributed by atoms with Gasteiger partial charge in [0.15, 0.2) is 6.29 Å². The monoisotopic (exact) mass is 460 g/mol. The summed E-state index contributed by atoms with van der Waals surface area (Å²) in [5, 5.41) is 73.4. The molecular weight excluding hydrogens is 432 g/mol. The Kier molecular flexibility index (Phi) is 26.6. The first-order valence-corrected chi connectivity index (χ1v) is 7.96. The molecule has 0 aliphatic rings. The van der Waals surface area contributed by atoms with Crippen molar-refractivity contribution in [3.05, 3.63) is 12.2 Å². The summed E-state index contributed by atoms with van der Waals surface area (Å²) in [6.45, 7) is -0.962. The van der Waals surface area contributed by atoms with Crippen molar-refractivity contribution in [2.45, 2.75) is 30.8 Å². The molecule has 16 nitrogen and oxygen atoms in total. The summed E-state index contributed by atoms with van der Waals surface area (Å²) in [6.07, 6.45) is -3.45. The highest BCUT2D eigenvalue weighted by atomic mass is 16.4. The minimum atomic E-state index is -1.64. The molecule has 0 rings (SSSR count). The van der Waals surface area contributed by atoms with Gasteiger partial charge < -0.3 is 62.2 Å². The lowest BCUT2D eigenvalue weighted by atomic mass is 10.1. The zero-order chi connectivity index (χ0) is 25.6. The molecule has 0 radical (unpaired) electrons. The number of rotatable bonds is 10. The van der Waals surface area contributed by atoms with Crippen molar-refractivity contribution in [2.75, 3.05) is 19.8 Å². The maximum Gasteiger partial charge on any atom is 0.328 e. The minimum absolute atomic E-state index is 0.0694. The highest BCUT2D eigenvalue weighted by Gasteiger charge is 2.22. The molecule has 4 atom stereocenters. The van der Waals surface area contributed by atoms with Gasteiger partial charge in [0.05, 0.1) is 19.6 Å². The van der Waals surface area contributed by atoms with E-state index in [1.807, 2.05) is 0 Å². The Morgan fingerprint density at radius 1 is 0.839 bits per heavy atom. The predicted octanol–water partition coefficient (Wildman–Crippen LogP) is -5.22. The fourth-order valence-electron chi connectivity index (χ4n) is 0.760. The van der Waals surface area contributed by atoms with Crippen molar-refractivity contribution in [3.8, 4) is 0 Å². The first-order valence-electron chi connectivity index (χ1n) is 7.96. The summed E-state index contributed by atoms with van der Waals surface area (Å²) in [4.78, 5) is 48.0. The molecular formula is C15H28N2O14. The van der Waals surface area contributed by atoms with Crippen LogP contribution in [-0.4, -0.2) is 120 Å². The molecule has 0 saturated heterocycles. The highest BCUT2D eigenvalue weighted by molar-refractivity contribution is 5.89. The summed E-state index contributed by atoms with van der Waals surface area (Å²) in [7, 11) is 0. The molecule has 0 aliphatic heterocycles. The molecule has 0 saturated carbocycles. The first-order chi connectivity index (χ1) is 14.2. The zero-order valence-corrected chi connectivity index (χ0v) is 16.1. The van der Waals surface area contributed by atoms with Gasteiger partial charge >= 0.3 is 23.9 Å². The summed E-state index contributed by atoms with van der Waals surface area (Å²) in [5.74, 6) is -4.53. The van der Waals surface area contributed by atoms with Gasteiger partial charge in [0.2, 0.25) is 0 Å². The molecule has 182 valence electrons.